The number of hydrogen-bond donors (Lipinski definition) is 2. The van der Waals surface area contributed by atoms with Gasteiger partial charge in [0.1, 0.15) is 0 Å². The first kappa shape index (κ1) is 9.52. The second kappa shape index (κ2) is 3.90. The van der Waals surface area contributed by atoms with Crippen LogP contribution in [0.5, 0.6) is 0 Å². The van der Waals surface area contributed by atoms with Gasteiger partial charge >= 0.3 is 0 Å². The Labute approximate surface area is 73.9 Å². The average Bonchev–Trinajstić information content (AvgIpc) is 1.98. The molecule has 1 aliphatic rings. The normalized spacial score (nSPS) is 30.5. The Hall–Kier alpha value is -0.570. The minimum absolute atomic E-state index is 0.112. The van der Waals surface area contributed by atoms with Gasteiger partial charge in [-0.15, -0.1) is 0 Å². The molecule has 0 spiro atoms. The van der Waals surface area contributed by atoms with Crippen molar-refractivity contribution in [3.63, 3.8) is 0 Å². The van der Waals surface area contributed by atoms with E-state index in [4.69, 9.17) is 0 Å². The fourth-order valence-electron chi connectivity index (χ4n) is 1.60. The molecule has 0 aromatic heterocycles. The second-order valence-corrected chi connectivity index (χ2v) is 3.80. The largest absolute Gasteiger partial charge is 0.356 e. The molecule has 0 aromatic rings. The molecule has 1 saturated heterocycles. The fourth-order valence-corrected chi connectivity index (χ4v) is 1.60. The van der Waals surface area contributed by atoms with Gasteiger partial charge in [0, 0.05) is 18.6 Å². The molecular weight excluding hydrogens is 152 g/mol. The summed E-state index contributed by atoms with van der Waals surface area (Å²) in [4.78, 5) is 11.2. The van der Waals surface area contributed by atoms with E-state index < -0.39 is 0 Å². The number of hydrogen-bond acceptors (Lipinski definition) is 2. The van der Waals surface area contributed by atoms with Crippen LogP contribution in [0.2, 0.25) is 0 Å². The first-order valence-corrected chi connectivity index (χ1v) is 4.65. The molecule has 12 heavy (non-hydrogen) atoms. The third kappa shape index (κ3) is 2.21. The predicted octanol–water partition coefficient (Wildman–Crippen LogP) is 0.509. The smallest absolute Gasteiger partial charge is 0.224 e. The lowest BCUT2D eigenvalue weighted by molar-refractivity contribution is -0.127. The molecule has 1 rings (SSSR count). The van der Waals surface area contributed by atoms with E-state index in [9.17, 15) is 4.79 Å². The van der Waals surface area contributed by atoms with Gasteiger partial charge in [-0.2, -0.15) is 0 Å². The van der Waals surface area contributed by atoms with Crippen molar-refractivity contribution in [2.45, 2.75) is 39.3 Å². The van der Waals surface area contributed by atoms with Gasteiger partial charge in [0.05, 0.1) is 5.92 Å². The molecule has 0 unspecified atom stereocenters. The van der Waals surface area contributed by atoms with Gasteiger partial charge < -0.3 is 10.6 Å². The lowest BCUT2D eigenvalue weighted by Gasteiger charge is -2.30. The van der Waals surface area contributed by atoms with Gasteiger partial charge in [0.25, 0.3) is 0 Å². The van der Waals surface area contributed by atoms with Crippen molar-refractivity contribution in [1.82, 2.24) is 10.6 Å². The Morgan fingerprint density at radius 1 is 1.58 bits per heavy atom. The van der Waals surface area contributed by atoms with Crippen LogP contribution in [0.1, 0.15) is 27.2 Å². The standard InChI is InChI=1S/C9H18N2O/c1-6(2)11-8-4-5-10-9(12)7(8)3/h6-8,11H,4-5H2,1-3H3,(H,10,12)/t7-,8-/m0/s1. The summed E-state index contributed by atoms with van der Waals surface area (Å²) >= 11 is 0. The number of amides is 1. The minimum atomic E-state index is 0.112. The monoisotopic (exact) mass is 170 g/mol. The first-order chi connectivity index (χ1) is 5.61. The van der Waals surface area contributed by atoms with Gasteiger partial charge in [-0.05, 0) is 6.42 Å². The Bertz CT molecular complexity index is 168. The molecule has 1 fully saturated rings. The summed E-state index contributed by atoms with van der Waals surface area (Å²) in [5.41, 5.74) is 0. The molecule has 2 N–H and O–H groups in total. The Morgan fingerprint density at radius 3 is 2.83 bits per heavy atom. The molecule has 0 aliphatic carbocycles. The lowest BCUT2D eigenvalue weighted by Crippen LogP contribution is -2.51. The summed E-state index contributed by atoms with van der Waals surface area (Å²) in [5, 5.41) is 6.26. The highest BCUT2D eigenvalue weighted by molar-refractivity contribution is 5.79. The van der Waals surface area contributed by atoms with Crippen LogP contribution >= 0.6 is 0 Å². The van der Waals surface area contributed by atoms with Gasteiger partial charge in [-0.3, -0.25) is 4.79 Å². The van der Waals surface area contributed by atoms with Crippen LogP contribution in [-0.2, 0) is 4.79 Å². The molecule has 3 nitrogen and oxygen atoms in total. The minimum Gasteiger partial charge on any atom is -0.356 e. The SMILES string of the molecule is CC(C)N[C@H]1CCNC(=O)[C@H]1C. The second-order valence-electron chi connectivity index (χ2n) is 3.80. The van der Waals surface area contributed by atoms with Gasteiger partial charge in [-0.1, -0.05) is 20.8 Å². The average molecular weight is 170 g/mol. The van der Waals surface area contributed by atoms with E-state index in [2.05, 4.69) is 24.5 Å². The predicted molar refractivity (Wildman–Crippen MR) is 48.9 cm³/mol. The Kier molecular flexibility index (Phi) is 3.09. The zero-order valence-electron chi connectivity index (χ0n) is 8.05. The van der Waals surface area contributed by atoms with Crippen molar-refractivity contribution < 1.29 is 4.79 Å². The molecular formula is C9H18N2O. The maximum absolute atomic E-state index is 11.2. The fraction of sp³-hybridized carbons (Fsp3) is 0.889. The zero-order valence-corrected chi connectivity index (χ0v) is 8.05. The van der Waals surface area contributed by atoms with Crippen molar-refractivity contribution in [1.29, 1.82) is 0 Å². The molecule has 0 saturated carbocycles. The maximum atomic E-state index is 11.2. The highest BCUT2D eigenvalue weighted by Crippen LogP contribution is 2.11. The number of piperidine rings is 1. The van der Waals surface area contributed by atoms with Gasteiger partial charge in [-0.25, -0.2) is 0 Å². The molecule has 1 amide bonds. The molecule has 1 aliphatic heterocycles. The van der Waals surface area contributed by atoms with E-state index in [1.54, 1.807) is 0 Å². The van der Waals surface area contributed by atoms with Crippen molar-refractivity contribution in [2.75, 3.05) is 6.54 Å². The maximum Gasteiger partial charge on any atom is 0.224 e. The number of carbonyl (C=O) groups excluding carboxylic acids is 1. The van der Waals surface area contributed by atoms with Crippen LogP contribution in [0.25, 0.3) is 0 Å². The highest BCUT2D eigenvalue weighted by Gasteiger charge is 2.27. The summed E-state index contributed by atoms with van der Waals surface area (Å²) in [5.74, 6) is 0.292. The summed E-state index contributed by atoms with van der Waals surface area (Å²) in [6, 6.07) is 0.821. The summed E-state index contributed by atoms with van der Waals surface area (Å²) in [6.07, 6.45) is 1.05. The molecule has 3 heteroatoms. The van der Waals surface area contributed by atoms with Crippen molar-refractivity contribution in [2.24, 2.45) is 5.92 Å². The Morgan fingerprint density at radius 2 is 2.25 bits per heavy atom. The number of carbonyl (C=O) groups is 1. The van der Waals surface area contributed by atoms with Crippen LogP contribution in [-0.4, -0.2) is 24.5 Å². The van der Waals surface area contributed by atoms with Crippen molar-refractivity contribution >= 4 is 5.91 Å². The highest BCUT2D eigenvalue weighted by atomic mass is 16.1. The first-order valence-electron chi connectivity index (χ1n) is 4.65. The van der Waals surface area contributed by atoms with E-state index in [1.165, 1.54) is 0 Å². The number of rotatable bonds is 2. The van der Waals surface area contributed by atoms with Crippen molar-refractivity contribution in [3.8, 4) is 0 Å². The van der Waals surface area contributed by atoms with Crippen LogP contribution < -0.4 is 10.6 Å². The summed E-state index contributed by atoms with van der Waals surface area (Å²) < 4.78 is 0. The van der Waals surface area contributed by atoms with E-state index in [1.807, 2.05) is 6.92 Å². The summed E-state index contributed by atoms with van der Waals surface area (Å²) in [7, 11) is 0. The third-order valence-corrected chi connectivity index (χ3v) is 2.32. The summed E-state index contributed by atoms with van der Waals surface area (Å²) in [6.45, 7) is 7.01. The molecule has 2 atom stereocenters. The topological polar surface area (TPSA) is 41.1 Å². The molecule has 0 radical (unpaired) electrons. The van der Waals surface area contributed by atoms with Crippen LogP contribution in [0.4, 0.5) is 0 Å². The van der Waals surface area contributed by atoms with E-state index in [0.717, 1.165) is 13.0 Å². The van der Waals surface area contributed by atoms with E-state index in [0.29, 0.717) is 12.1 Å². The lowest BCUT2D eigenvalue weighted by atomic mass is 9.94. The van der Waals surface area contributed by atoms with E-state index >= 15 is 0 Å². The van der Waals surface area contributed by atoms with Gasteiger partial charge in [0.2, 0.25) is 5.91 Å². The molecule has 0 aromatic carbocycles. The van der Waals surface area contributed by atoms with E-state index in [-0.39, 0.29) is 11.8 Å². The quantitative estimate of drug-likeness (QED) is 0.634. The van der Waals surface area contributed by atoms with Crippen molar-refractivity contribution in [3.05, 3.63) is 0 Å². The zero-order chi connectivity index (χ0) is 9.14. The number of nitrogens with one attached hydrogen (secondary N) is 2. The van der Waals surface area contributed by atoms with Crippen LogP contribution in [0, 0.1) is 5.92 Å². The molecule has 70 valence electrons. The third-order valence-electron chi connectivity index (χ3n) is 2.32. The Balaban J connectivity index is 2.46. The molecule has 0 bridgehead atoms. The molecule has 1 heterocycles. The van der Waals surface area contributed by atoms with Crippen LogP contribution in [0.3, 0.4) is 0 Å². The van der Waals surface area contributed by atoms with Crippen LogP contribution in [0.15, 0.2) is 0 Å². The van der Waals surface area contributed by atoms with Gasteiger partial charge in [0.15, 0.2) is 0 Å².